The van der Waals surface area contributed by atoms with Gasteiger partial charge in [-0.05, 0) is 14.8 Å². The lowest BCUT2D eigenvalue weighted by atomic mass is 10.7. The first-order valence-electron chi connectivity index (χ1n) is 2.87. The van der Waals surface area contributed by atoms with E-state index in [2.05, 4.69) is 4.98 Å². The van der Waals surface area contributed by atoms with Crippen LogP contribution in [0, 0.1) is 20.2 Å². The van der Waals surface area contributed by atoms with Crippen molar-refractivity contribution in [2.45, 2.75) is 0 Å². The van der Waals surface area contributed by atoms with Gasteiger partial charge < -0.3 is 26.0 Å². The Morgan fingerprint density at radius 3 is 2.08 bits per heavy atom. The molecule has 10 nitrogen and oxygen atoms in total. The van der Waals surface area contributed by atoms with Crippen molar-refractivity contribution in [2.75, 3.05) is 11.6 Å². The van der Waals surface area contributed by atoms with Crippen molar-refractivity contribution in [1.82, 2.24) is 9.66 Å². The molecule has 0 aliphatic heterocycles. The Bertz CT molecular complexity index is 347. The summed E-state index contributed by atoms with van der Waals surface area (Å²) >= 11 is 0. The monoisotopic (exact) mass is 188 g/mol. The van der Waals surface area contributed by atoms with E-state index in [4.69, 9.17) is 11.6 Å². The van der Waals surface area contributed by atoms with Crippen molar-refractivity contribution in [1.29, 1.82) is 0 Å². The molecule has 0 bridgehead atoms. The van der Waals surface area contributed by atoms with Gasteiger partial charge >= 0.3 is 11.8 Å². The van der Waals surface area contributed by atoms with E-state index in [1.54, 1.807) is 0 Å². The second kappa shape index (κ2) is 2.58. The van der Waals surface area contributed by atoms with E-state index in [0.717, 1.165) is 0 Å². The van der Waals surface area contributed by atoms with Crippen molar-refractivity contribution in [3.63, 3.8) is 0 Å². The molecule has 0 amide bonds. The summed E-state index contributed by atoms with van der Waals surface area (Å²) in [7, 11) is 0. The van der Waals surface area contributed by atoms with Crippen LogP contribution in [0.3, 0.4) is 0 Å². The first-order valence-corrected chi connectivity index (χ1v) is 2.87. The molecule has 1 heterocycles. The van der Waals surface area contributed by atoms with Gasteiger partial charge in [0.15, 0.2) is 0 Å². The van der Waals surface area contributed by atoms with Gasteiger partial charge in [-0.3, -0.25) is 5.84 Å². The number of rotatable bonds is 2. The zero-order chi connectivity index (χ0) is 10.2. The number of hydrogen-bond donors (Lipinski definition) is 2. The van der Waals surface area contributed by atoms with Crippen LogP contribution in [-0.4, -0.2) is 19.5 Å². The van der Waals surface area contributed by atoms with Gasteiger partial charge in [-0.25, -0.2) is 0 Å². The van der Waals surface area contributed by atoms with Gasteiger partial charge in [-0.2, -0.15) is 0 Å². The maximum atomic E-state index is 10.2. The van der Waals surface area contributed by atoms with Crippen LogP contribution >= 0.6 is 0 Å². The molecule has 1 aromatic rings. The smallest absolute Gasteiger partial charge is 0.390 e. The van der Waals surface area contributed by atoms with Crippen LogP contribution in [0.4, 0.5) is 17.6 Å². The summed E-state index contributed by atoms with van der Waals surface area (Å²) in [4.78, 5) is 21.5. The Kier molecular flexibility index (Phi) is 1.73. The molecule has 0 saturated heterocycles. The third-order valence-electron chi connectivity index (χ3n) is 1.25. The Morgan fingerprint density at radius 2 is 1.85 bits per heavy atom. The largest absolute Gasteiger partial charge is 0.462 e. The normalized spacial score (nSPS) is 9.85. The minimum Gasteiger partial charge on any atom is -0.390 e. The van der Waals surface area contributed by atoms with Crippen molar-refractivity contribution in [2.24, 2.45) is 0 Å². The van der Waals surface area contributed by atoms with Gasteiger partial charge in [-0.15, -0.1) is 4.68 Å². The van der Waals surface area contributed by atoms with Crippen molar-refractivity contribution in [3.8, 4) is 0 Å². The van der Waals surface area contributed by atoms with Crippen molar-refractivity contribution < 1.29 is 9.85 Å². The third-order valence-corrected chi connectivity index (χ3v) is 1.25. The summed E-state index contributed by atoms with van der Waals surface area (Å²) in [5.41, 5.74) is 5.07. The van der Waals surface area contributed by atoms with Gasteiger partial charge in [-0.1, -0.05) is 0 Å². The van der Waals surface area contributed by atoms with E-state index in [1.807, 2.05) is 0 Å². The molecule has 0 spiro atoms. The first kappa shape index (κ1) is 8.70. The summed E-state index contributed by atoms with van der Waals surface area (Å²) in [6.07, 6.45) is 0. The van der Waals surface area contributed by atoms with E-state index < -0.39 is 27.4 Å². The van der Waals surface area contributed by atoms with E-state index >= 15 is 0 Å². The van der Waals surface area contributed by atoms with Gasteiger partial charge in [0.2, 0.25) is 0 Å². The summed E-state index contributed by atoms with van der Waals surface area (Å²) in [5, 5.41) is 20.4. The highest BCUT2D eigenvalue weighted by atomic mass is 16.6. The summed E-state index contributed by atoms with van der Waals surface area (Å²) in [6.45, 7) is 0. The minimum absolute atomic E-state index is 0.345. The van der Waals surface area contributed by atoms with Crippen LogP contribution in [0.15, 0.2) is 0 Å². The second-order valence-corrected chi connectivity index (χ2v) is 2.00. The van der Waals surface area contributed by atoms with E-state index in [-0.39, 0.29) is 0 Å². The Hall–Kier alpha value is -2.39. The maximum absolute atomic E-state index is 10.2. The average molecular weight is 188 g/mol. The molecule has 13 heavy (non-hydrogen) atoms. The summed E-state index contributed by atoms with van der Waals surface area (Å²) in [5.74, 6) is 2.77. The molecule has 10 heteroatoms. The highest BCUT2D eigenvalue weighted by Gasteiger charge is 2.28. The molecule has 0 aliphatic carbocycles. The lowest BCUT2D eigenvalue weighted by Crippen LogP contribution is -2.14. The van der Waals surface area contributed by atoms with Crippen molar-refractivity contribution in [3.05, 3.63) is 20.2 Å². The Morgan fingerprint density at radius 1 is 1.31 bits per heavy atom. The predicted octanol–water partition coefficient (Wildman–Crippen LogP) is -1.00. The molecule has 4 N–H and O–H groups in total. The number of nitrogens with zero attached hydrogens (tertiary/aromatic N) is 4. The number of nitrogens with two attached hydrogens (primary N) is 2. The molecule has 0 saturated carbocycles. The SMILES string of the molecule is Nc1c([N+](=O)[O-])nc([N+](=O)[O-])n1N. The van der Waals surface area contributed by atoms with Gasteiger partial charge in [0.1, 0.15) is 0 Å². The van der Waals surface area contributed by atoms with Crippen molar-refractivity contribution >= 4 is 17.6 Å². The number of imidazole rings is 1. The molecule has 1 rings (SSSR count). The molecule has 0 aromatic carbocycles. The van der Waals surface area contributed by atoms with Gasteiger partial charge in [0.05, 0.1) is 0 Å². The average Bonchev–Trinajstić information content (AvgIpc) is 2.29. The van der Waals surface area contributed by atoms with E-state index in [9.17, 15) is 20.2 Å². The molecule has 0 aliphatic rings. The molecule has 0 radical (unpaired) electrons. The molecule has 0 fully saturated rings. The fourth-order valence-corrected chi connectivity index (χ4v) is 0.684. The van der Waals surface area contributed by atoms with Crippen LogP contribution in [-0.2, 0) is 0 Å². The predicted molar refractivity (Wildman–Crippen MR) is 40.1 cm³/mol. The molecular formula is C3H4N6O4. The fourth-order valence-electron chi connectivity index (χ4n) is 0.684. The molecule has 70 valence electrons. The first-order chi connectivity index (χ1) is 5.95. The van der Waals surface area contributed by atoms with Gasteiger partial charge in [0, 0.05) is 0 Å². The second-order valence-electron chi connectivity index (χ2n) is 2.00. The lowest BCUT2D eigenvalue weighted by molar-refractivity contribution is -0.402. The zero-order valence-electron chi connectivity index (χ0n) is 6.08. The Labute approximate surface area is 70.0 Å². The molecule has 1 aromatic heterocycles. The highest BCUT2D eigenvalue weighted by molar-refractivity contribution is 5.52. The standard InChI is InChI=1S/C3H4N6O4/c4-1-2(8(10)11)6-3(7(1)5)9(12)13/h4-5H2. The number of aromatic nitrogens is 2. The molecular weight excluding hydrogens is 184 g/mol. The van der Waals surface area contributed by atoms with Crippen LogP contribution in [0.25, 0.3) is 0 Å². The highest BCUT2D eigenvalue weighted by Crippen LogP contribution is 2.23. The number of nitro groups is 2. The minimum atomic E-state index is -0.969. The number of nitrogen functional groups attached to an aromatic ring is 2. The van der Waals surface area contributed by atoms with E-state index in [1.165, 1.54) is 0 Å². The van der Waals surface area contributed by atoms with Gasteiger partial charge in [0.25, 0.3) is 5.82 Å². The van der Waals surface area contributed by atoms with Crippen LogP contribution in [0.5, 0.6) is 0 Å². The lowest BCUT2D eigenvalue weighted by Gasteiger charge is -1.92. The number of hydrogen-bond acceptors (Lipinski definition) is 7. The topological polar surface area (TPSA) is 156 Å². The Balaban J connectivity index is 3.36. The number of anilines is 1. The summed E-state index contributed by atoms with van der Waals surface area (Å²) in [6, 6.07) is 0. The third kappa shape index (κ3) is 1.19. The zero-order valence-corrected chi connectivity index (χ0v) is 6.08. The molecule has 0 atom stereocenters. The van der Waals surface area contributed by atoms with E-state index in [0.29, 0.717) is 4.68 Å². The fraction of sp³-hybridized carbons (Fsp3) is 0. The maximum Gasteiger partial charge on any atom is 0.462 e. The molecule has 0 unspecified atom stereocenters. The summed E-state index contributed by atoms with van der Waals surface area (Å²) < 4.78 is 0.345. The van der Waals surface area contributed by atoms with Crippen LogP contribution < -0.4 is 11.6 Å². The quantitative estimate of drug-likeness (QED) is 0.342. The van der Waals surface area contributed by atoms with Crippen LogP contribution in [0.2, 0.25) is 0 Å². The van der Waals surface area contributed by atoms with Crippen LogP contribution in [0.1, 0.15) is 0 Å².